The largest absolute Gasteiger partial charge is 0.314 e. The second-order valence-corrected chi connectivity index (χ2v) is 4.68. The Bertz CT molecular complexity index is 374. The molecular weight excluding hydrogens is 262 g/mol. The SMILES string of the molecule is C[C@@H]1CNCCN1Cc1ccc(Cl)c(F)c1.Cl. The Hall–Kier alpha value is -0.350. The minimum absolute atomic E-state index is 0. The normalized spacial score (nSPS) is 21.0. The lowest BCUT2D eigenvalue weighted by Gasteiger charge is -2.33. The summed E-state index contributed by atoms with van der Waals surface area (Å²) in [6, 6.07) is 5.53. The summed E-state index contributed by atoms with van der Waals surface area (Å²) < 4.78 is 13.3. The van der Waals surface area contributed by atoms with Gasteiger partial charge in [-0.25, -0.2) is 4.39 Å². The van der Waals surface area contributed by atoms with Crippen molar-refractivity contribution in [1.29, 1.82) is 0 Å². The summed E-state index contributed by atoms with van der Waals surface area (Å²) in [7, 11) is 0. The molecule has 1 fully saturated rings. The third-order valence-corrected chi connectivity index (χ3v) is 3.32. The van der Waals surface area contributed by atoms with Gasteiger partial charge in [0.15, 0.2) is 0 Å². The minimum atomic E-state index is -0.332. The van der Waals surface area contributed by atoms with E-state index in [1.54, 1.807) is 6.07 Å². The molecule has 0 aromatic heterocycles. The molecule has 0 saturated carbocycles. The van der Waals surface area contributed by atoms with E-state index in [0.717, 1.165) is 31.7 Å². The summed E-state index contributed by atoms with van der Waals surface area (Å²) in [6.45, 7) is 5.97. The molecule has 0 aliphatic carbocycles. The van der Waals surface area contributed by atoms with Gasteiger partial charge in [0.05, 0.1) is 5.02 Å². The smallest absolute Gasteiger partial charge is 0.142 e. The second-order valence-electron chi connectivity index (χ2n) is 4.27. The van der Waals surface area contributed by atoms with Gasteiger partial charge in [0.25, 0.3) is 0 Å². The van der Waals surface area contributed by atoms with Crippen LogP contribution in [-0.4, -0.2) is 30.6 Å². The van der Waals surface area contributed by atoms with Gasteiger partial charge in [-0.3, -0.25) is 4.90 Å². The Morgan fingerprint density at radius 2 is 2.29 bits per heavy atom. The monoisotopic (exact) mass is 278 g/mol. The first-order valence-electron chi connectivity index (χ1n) is 5.55. The highest BCUT2D eigenvalue weighted by atomic mass is 35.5. The van der Waals surface area contributed by atoms with Crippen molar-refractivity contribution < 1.29 is 4.39 Å². The maximum Gasteiger partial charge on any atom is 0.142 e. The van der Waals surface area contributed by atoms with Crippen LogP contribution in [0.4, 0.5) is 4.39 Å². The lowest BCUT2D eigenvalue weighted by Crippen LogP contribution is -2.49. The number of benzene rings is 1. The summed E-state index contributed by atoms with van der Waals surface area (Å²) in [4.78, 5) is 2.35. The van der Waals surface area contributed by atoms with E-state index in [2.05, 4.69) is 17.1 Å². The predicted molar refractivity (Wildman–Crippen MR) is 71.4 cm³/mol. The molecular formula is C12H17Cl2FN2. The van der Waals surface area contributed by atoms with Crippen LogP contribution in [0.2, 0.25) is 5.02 Å². The van der Waals surface area contributed by atoms with Crippen molar-refractivity contribution in [3.63, 3.8) is 0 Å². The van der Waals surface area contributed by atoms with E-state index in [1.165, 1.54) is 6.07 Å². The zero-order chi connectivity index (χ0) is 11.5. The molecule has 1 aliphatic rings. The Morgan fingerprint density at radius 1 is 1.53 bits per heavy atom. The molecule has 2 rings (SSSR count). The van der Waals surface area contributed by atoms with Gasteiger partial charge >= 0.3 is 0 Å². The molecule has 96 valence electrons. The topological polar surface area (TPSA) is 15.3 Å². The van der Waals surface area contributed by atoms with Gasteiger partial charge in [0, 0.05) is 32.2 Å². The van der Waals surface area contributed by atoms with Crippen LogP contribution < -0.4 is 5.32 Å². The zero-order valence-corrected chi connectivity index (χ0v) is 11.3. The van der Waals surface area contributed by atoms with Crippen molar-refractivity contribution in [3.8, 4) is 0 Å². The predicted octanol–water partition coefficient (Wildman–Crippen LogP) is 2.69. The molecule has 1 saturated heterocycles. The molecule has 0 spiro atoms. The van der Waals surface area contributed by atoms with Crippen molar-refractivity contribution >= 4 is 24.0 Å². The maximum atomic E-state index is 13.3. The molecule has 0 unspecified atom stereocenters. The van der Waals surface area contributed by atoms with Crippen LogP contribution >= 0.6 is 24.0 Å². The number of hydrogen-bond donors (Lipinski definition) is 1. The molecule has 1 atom stereocenters. The maximum absolute atomic E-state index is 13.3. The minimum Gasteiger partial charge on any atom is -0.314 e. The van der Waals surface area contributed by atoms with Crippen molar-refractivity contribution in [2.24, 2.45) is 0 Å². The van der Waals surface area contributed by atoms with Crippen LogP contribution in [0, 0.1) is 5.82 Å². The van der Waals surface area contributed by atoms with E-state index in [0.29, 0.717) is 6.04 Å². The highest BCUT2D eigenvalue weighted by Crippen LogP contribution is 2.17. The Morgan fingerprint density at radius 3 is 2.94 bits per heavy atom. The zero-order valence-electron chi connectivity index (χ0n) is 9.75. The fourth-order valence-electron chi connectivity index (χ4n) is 1.99. The molecule has 1 aromatic rings. The molecule has 0 radical (unpaired) electrons. The van der Waals surface area contributed by atoms with Crippen molar-refractivity contribution in [2.45, 2.75) is 19.5 Å². The third kappa shape index (κ3) is 3.81. The van der Waals surface area contributed by atoms with Crippen molar-refractivity contribution in [2.75, 3.05) is 19.6 Å². The standard InChI is InChI=1S/C12H16ClFN2.ClH/c1-9-7-15-4-5-16(9)8-10-2-3-11(13)12(14)6-10;/h2-3,6,9,15H,4-5,7-8H2,1H3;1H/t9-;/m1./s1. The molecule has 1 N–H and O–H groups in total. The van der Waals surface area contributed by atoms with Gasteiger partial charge < -0.3 is 5.32 Å². The fraction of sp³-hybridized carbons (Fsp3) is 0.500. The summed E-state index contributed by atoms with van der Waals surface area (Å²) in [6.07, 6.45) is 0. The number of rotatable bonds is 2. The van der Waals surface area contributed by atoms with Gasteiger partial charge in [-0.2, -0.15) is 0 Å². The van der Waals surface area contributed by atoms with Crippen LogP contribution in [-0.2, 0) is 6.54 Å². The van der Waals surface area contributed by atoms with E-state index in [9.17, 15) is 4.39 Å². The lowest BCUT2D eigenvalue weighted by molar-refractivity contribution is 0.165. The van der Waals surface area contributed by atoms with Crippen molar-refractivity contribution in [3.05, 3.63) is 34.6 Å². The molecule has 17 heavy (non-hydrogen) atoms. The van der Waals surface area contributed by atoms with Gasteiger partial charge in [0.1, 0.15) is 5.82 Å². The average molecular weight is 279 g/mol. The van der Waals surface area contributed by atoms with Gasteiger partial charge in [-0.05, 0) is 24.6 Å². The van der Waals surface area contributed by atoms with E-state index in [1.807, 2.05) is 6.07 Å². The van der Waals surface area contributed by atoms with E-state index >= 15 is 0 Å². The first kappa shape index (κ1) is 14.7. The quantitative estimate of drug-likeness (QED) is 0.895. The van der Waals surface area contributed by atoms with E-state index < -0.39 is 0 Å². The number of nitrogens with one attached hydrogen (secondary N) is 1. The summed E-state index contributed by atoms with van der Waals surface area (Å²) in [5.41, 5.74) is 0.982. The molecule has 1 aliphatic heterocycles. The van der Waals surface area contributed by atoms with E-state index in [4.69, 9.17) is 11.6 Å². The number of piperazine rings is 1. The molecule has 5 heteroatoms. The second kappa shape index (κ2) is 6.55. The fourth-order valence-corrected chi connectivity index (χ4v) is 2.11. The highest BCUT2D eigenvalue weighted by Gasteiger charge is 2.17. The van der Waals surface area contributed by atoms with Crippen LogP contribution in [0.25, 0.3) is 0 Å². The van der Waals surface area contributed by atoms with Crippen LogP contribution in [0.3, 0.4) is 0 Å². The third-order valence-electron chi connectivity index (χ3n) is 3.01. The summed E-state index contributed by atoms with van der Waals surface area (Å²) in [5, 5.41) is 3.53. The first-order chi connectivity index (χ1) is 7.66. The Balaban J connectivity index is 0.00000144. The van der Waals surface area contributed by atoms with E-state index in [-0.39, 0.29) is 23.2 Å². The van der Waals surface area contributed by atoms with Crippen LogP contribution in [0.1, 0.15) is 12.5 Å². The molecule has 2 nitrogen and oxygen atoms in total. The van der Waals surface area contributed by atoms with Crippen LogP contribution in [0.15, 0.2) is 18.2 Å². The van der Waals surface area contributed by atoms with Crippen molar-refractivity contribution in [1.82, 2.24) is 10.2 Å². The van der Waals surface area contributed by atoms with Gasteiger partial charge in [-0.15, -0.1) is 12.4 Å². The lowest BCUT2D eigenvalue weighted by atomic mass is 10.1. The number of halogens is 3. The number of nitrogens with zero attached hydrogens (tertiary/aromatic N) is 1. The summed E-state index contributed by atoms with van der Waals surface area (Å²) in [5.74, 6) is -0.332. The number of hydrogen-bond acceptors (Lipinski definition) is 2. The molecule has 1 heterocycles. The Kier molecular flexibility index (Phi) is 5.67. The Labute approximate surface area is 113 Å². The molecule has 0 amide bonds. The molecule has 0 bridgehead atoms. The molecule has 1 aromatic carbocycles. The first-order valence-corrected chi connectivity index (χ1v) is 5.93. The highest BCUT2D eigenvalue weighted by molar-refractivity contribution is 6.30. The average Bonchev–Trinajstić information content (AvgIpc) is 2.27. The van der Waals surface area contributed by atoms with Gasteiger partial charge in [0.2, 0.25) is 0 Å². The van der Waals surface area contributed by atoms with Gasteiger partial charge in [-0.1, -0.05) is 17.7 Å². The van der Waals surface area contributed by atoms with Crippen LogP contribution in [0.5, 0.6) is 0 Å². The summed E-state index contributed by atoms with van der Waals surface area (Å²) >= 11 is 5.65.